The molecule has 7 heteroatoms. The molecule has 1 unspecified atom stereocenters. The second-order valence-corrected chi connectivity index (χ2v) is 7.31. The van der Waals surface area contributed by atoms with Gasteiger partial charge in [0.2, 0.25) is 5.13 Å². The zero-order chi connectivity index (χ0) is 18.1. The molecule has 1 atom stereocenters. The van der Waals surface area contributed by atoms with Crippen LogP contribution in [-0.2, 0) is 11.2 Å². The highest BCUT2D eigenvalue weighted by Crippen LogP contribution is 2.29. The van der Waals surface area contributed by atoms with Gasteiger partial charge in [0.15, 0.2) is 0 Å². The Bertz CT molecular complexity index is 561. The Labute approximate surface area is 154 Å². The van der Waals surface area contributed by atoms with Crippen LogP contribution in [0.4, 0.5) is 9.93 Å². The monoisotopic (exact) mass is 366 g/mol. The fourth-order valence-electron chi connectivity index (χ4n) is 2.95. The summed E-state index contributed by atoms with van der Waals surface area (Å²) in [5, 5.41) is 10.2. The van der Waals surface area contributed by atoms with Crippen LogP contribution in [0, 0.1) is 0 Å². The van der Waals surface area contributed by atoms with Gasteiger partial charge in [-0.05, 0) is 19.8 Å². The second kappa shape index (κ2) is 10.5. The molecular weight excluding hydrogens is 336 g/mol. The van der Waals surface area contributed by atoms with Crippen molar-refractivity contribution in [3.05, 3.63) is 17.2 Å². The maximum absolute atomic E-state index is 12.9. The normalized spacial score (nSPS) is 18.5. The van der Waals surface area contributed by atoms with Crippen molar-refractivity contribution in [3.63, 3.8) is 0 Å². The molecule has 140 valence electrons. The SMILES string of the molecule is C/C=C/CCN1CCC(OC)N(c2nnc(CCCCCC)s2)C1=O. The van der Waals surface area contributed by atoms with E-state index in [0.717, 1.165) is 37.2 Å². The highest BCUT2D eigenvalue weighted by Gasteiger charge is 2.36. The molecule has 0 bridgehead atoms. The number of carbonyl (C=O) groups excluding carboxylic acids is 1. The molecule has 2 amide bonds. The first-order chi connectivity index (χ1) is 12.2. The van der Waals surface area contributed by atoms with Gasteiger partial charge < -0.3 is 9.64 Å². The molecule has 1 aromatic rings. The van der Waals surface area contributed by atoms with Gasteiger partial charge in [-0.3, -0.25) is 0 Å². The van der Waals surface area contributed by atoms with Gasteiger partial charge in [-0.2, -0.15) is 0 Å². The minimum atomic E-state index is -0.258. The summed E-state index contributed by atoms with van der Waals surface area (Å²) in [5.41, 5.74) is 0. The first-order valence-corrected chi connectivity index (χ1v) is 10.1. The Morgan fingerprint density at radius 2 is 2.16 bits per heavy atom. The second-order valence-electron chi connectivity index (χ2n) is 6.27. The number of carbonyl (C=O) groups is 1. The number of aryl methyl sites for hydroxylation is 1. The lowest BCUT2D eigenvalue weighted by Crippen LogP contribution is -2.55. The van der Waals surface area contributed by atoms with E-state index in [-0.39, 0.29) is 12.3 Å². The van der Waals surface area contributed by atoms with Crippen LogP contribution in [0.1, 0.15) is 57.4 Å². The summed E-state index contributed by atoms with van der Waals surface area (Å²) in [5.74, 6) is 0. The predicted molar refractivity (Wildman–Crippen MR) is 102 cm³/mol. The average Bonchev–Trinajstić information content (AvgIpc) is 3.08. The van der Waals surface area contributed by atoms with Gasteiger partial charge in [-0.15, -0.1) is 10.2 Å². The Morgan fingerprint density at radius 1 is 1.32 bits per heavy atom. The van der Waals surface area contributed by atoms with E-state index in [1.165, 1.54) is 30.6 Å². The van der Waals surface area contributed by atoms with Crippen molar-refractivity contribution in [1.82, 2.24) is 15.1 Å². The van der Waals surface area contributed by atoms with Gasteiger partial charge >= 0.3 is 6.03 Å². The van der Waals surface area contributed by atoms with Gasteiger partial charge in [0.25, 0.3) is 0 Å². The van der Waals surface area contributed by atoms with E-state index < -0.39 is 0 Å². The summed E-state index contributed by atoms with van der Waals surface area (Å²) in [6.45, 7) is 5.64. The smallest absolute Gasteiger partial charge is 0.328 e. The van der Waals surface area contributed by atoms with Crippen LogP contribution >= 0.6 is 11.3 Å². The van der Waals surface area contributed by atoms with Gasteiger partial charge in [0.1, 0.15) is 11.2 Å². The summed E-state index contributed by atoms with van der Waals surface area (Å²) in [6.07, 6.45) is 11.2. The number of methoxy groups -OCH3 is 1. The van der Waals surface area contributed by atoms with E-state index in [9.17, 15) is 4.79 Å². The Morgan fingerprint density at radius 3 is 2.88 bits per heavy atom. The number of hydrogen-bond donors (Lipinski definition) is 0. The molecule has 0 aromatic carbocycles. The molecule has 1 aliphatic rings. The van der Waals surface area contributed by atoms with Crippen LogP contribution in [0.5, 0.6) is 0 Å². The molecule has 1 aromatic heterocycles. The van der Waals surface area contributed by atoms with E-state index in [1.54, 1.807) is 12.0 Å². The maximum Gasteiger partial charge on any atom is 0.328 e. The molecule has 1 fully saturated rings. The lowest BCUT2D eigenvalue weighted by molar-refractivity contribution is 0.0659. The largest absolute Gasteiger partial charge is 0.361 e. The quantitative estimate of drug-likeness (QED) is 0.459. The van der Waals surface area contributed by atoms with Gasteiger partial charge in [0, 0.05) is 33.0 Å². The predicted octanol–water partition coefficient (Wildman–Crippen LogP) is 4.23. The molecule has 0 aliphatic carbocycles. The molecular formula is C18H30N4O2S. The topological polar surface area (TPSA) is 58.6 Å². The number of ether oxygens (including phenoxy) is 1. The third-order valence-electron chi connectivity index (χ3n) is 4.39. The Hall–Kier alpha value is -1.47. The van der Waals surface area contributed by atoms with Crippen LogP contribution in [0.25, 0.3) is 0 Å². The van der Waals surface area contributed by atoms with E-state index in [1.807, 2.05) is 17.9 Å². The summed E-state index contributed by atoms with van der Waals surface area (Å²) >= 11 is 1.51. The number of aromatic nitrogens is 2. The maximum atomic E-state index is 12.9. The summed E-state index contributed by atoms with van der Waals surface area (Å²) in [6, 6.07) is -0.0312. The number of unbranched alkanes of at least 4 members (excludes halogenated alkanes) is 3. The number of urea groups is 1. The van der Waals surface area contributed by atoms with Crippen LogP contribution in [0.3, 0.4) is 0 Å². The van der Waals surface area contributed by atoms with Crippen molar-refractivity contribution in [3.8, 4) is 0 Å². The lowest BCUT2D eigenvalue weighted by Gasteiger charge is -2.38. The van der Waals surface area contributed by atoms with Gasteiger partial charge in [-0.25, -0.2) is 9.69 Å². The van der Waals surface area contributed by atoms with Crippen molar-refractivity contribution in [1.29, 1.82) is 0 Å². The van der Waals surface area contributed by atoms with Crippen LogP contribution < -0.4 is 4.90 Å². The Kier molecular flexibility index (Phi) is 8.34. The molecule has 1 aliphatic heterocycles. The number of amides is 2. The standard InChI is InChI=1S/C18H30N4O2S/c1-4-6-8-9-11-15-19-20-17(25-15)22-16(24-3)12-14-21(18(22)23)13-10-7-5-2/h5,7,16H,4,6,8-14H2,1-3H3/b7-5+. The zero-order valence-electron chi connectivity index (χ0n) is 15.6. The van der Waals surface area contributed by atoms with E-state index in [4.69, 9.17) is 4.74 Å². The van der Waals surface area contributed by atoms with Gasteiger partial charge in [0.05, 0.1) is 0 Å². The molecule has 6 nitrogen and oxygen atoms in total. The van der Waals surface area contributed by atoms with Crippen molar-refractivity contribution in [2.75, 3.05) is 25.1 Å². The molecule has 1 saturated heterocycles. The Balaban J connectivity index is 2.02. The minimum Gasteiger partial charge on any atom is -0.361 e. The summed E-state index contributed by atoms with van der Waals surface area (Å²) < 4.78 is 5.53. The molecule has 25 heavy (non-hydrogen) atoms. The van der Waals surface area contributed by atoms with Crippen LogP contribution in [-0.4, -0.2) is 47.6 Å². The fraction of sp³-hybridized carbons (Fsp3) is 0.722. The number of rotatable bonds is 10. The number of allylic oxidation sites excluding steroid dienone is 1. The average molecular weight is 367 g/mol. The number of anilines is 1. The lowest BCUT2D eigenvalue weighted by atomic mass is 10.2. The third-order valence-corrected chi connectivity index (χ3v) is 5.37. The number of hydrogen-bond acceptors (Lipinski definition) is 5. The van der Waals surface area contributed by atoms with Crippen molar-refractivity contribution < 1.29 is 9.53 Å². The molecule has 2 heterocycles. The highest BCUT2D eigenvalue weighted by molar-refractivity contribution is 7.15. The summed E-state index contributed by atoms with van der Waals surface area (Å²) in [7, 11) is 1.65. The van der Waals surface area contributed by atoms with Crippen molar-refractivity contribution in [2.45, 2.75) is 65.0 Å². The van der Waals surface area contributed by atoms with E-state index in [0.29, 0.717) is 11.7 Å². The third kappa shape index (κ3) is 5.51. The van der Waals surface area contributed by atoms with Gasteiger partial charge in [-0.1, -0.05) is 49.7 Å². The highest BCUT2D eigenvalue weighted by atomic mass is 32.1. The molecule has 0 saturated carbocycles. The molecule has 0 radical (unpaired) electrons. The molecule has 2 rings (SSSR count). The first kappa shape index (κ1) is 19.8. The fourth-order valence-corrected chi connectivity index (χ4v) is 3.86. The van der Waals surface area contributed by atoms with Crippen molar-refractivity contribution >= 4 is 22.5 Å². The van der Waals surface area contributed by atoms with E-state index in [2.05, 4.69) is 23.2 Å². The molecule has 0 N–H and O–H groups in total. The zero-order valence-corrected chi connectivity index (χ0v) is 16.4. The summed E-state index contributed by atoms with van der Waals surface area (Å²) in [4.78, 5) is 16.4. The molecule has 0 spiro atoms. The van der Waals surface area contributed by atoms with Crippen LogP contribution in [0.15, 0.2) is 12.2 Å². The van der Waals surface area contributed by atoms with Crippen molar-refractivity contribution in [2.24, 2.45) is 0 Å². The van der Waals surface area contributed by atoms with Crippen LogP contribution in [0.2, 0.25) is 0 Å². The minimum absolute atomic E-state index is 0.0312. The first-order valence-electron chi connectivity index (χ1n) is 9.25. The van der Waals surface area contributed by atoms with E-state index >= 15 is 0 Å². The number of nitrogens with zero attached hydrogens (tertiary/aromatic N) is 4.